The fourth-order valence-electron chi connectivity index (χ4n) is 2.64. The van der Waals surface area contributed by atoms with Crippen LogP contribution in [0.5, 0.6) is 17.2 Å². The molecule has 23 heavy (non-hydrogen) atoms. The van der Waals surface area contributed by atoms with Gasteiger partial charge in [-0.2, -0.15) is 0 Å². The Labute approximate surface area is 131 Å². The minimum Gasteiger partial charge on any atom is -0.496 e. The Morgan fingerprint density at radius 1 is 1.13 bits per heavy atom. The van der Waals surface area contributed by atoms with Crippen LogP contribution in [0.25, 0.3) is 22.3 Å². The van der Waals surface area contributed by atoms with Gasteiger partial charge < -0.3 is 19.2 Å². The number of aromatic nitrogens is 2. The van der Waals surface area contributed by atoms with Crippen molar-refractivity contribution in [3.05, 3.63) is 46.8 Å². The van der Waals surface area contributed by atoms with Gasteiger partial charge in [0.05, 0.1) is 23.6 Å². The Morgan fingerprint density at radius 2 is 1.87 bits per heavy atom. The summed E-state index contributed by atoms with van der Waals surface area (Å²) < 4.78 is 16.6. The van der Waals surface area contributed by atoms with E-state index in [0.29, 0.717) is 52.8 Å². The molecule has 4 rings (SSSR count). The number of ether oxygens (including phenoxy) is 3. The van der Waals surface area contributed by atoms with Crippen LogP contribution in [-0.2, 0) is 0 Å². The molecule has 0 amide bonds. The molecule has 6 heteroatoms. The fraction of sp³-hybridized carbons (Fsp3) is 0.176. The smallest absolute Gasteiger partial charge is 0.259 e. The van der Waals surface area contributed by atoms with E-state index in [1.165, 1.54) is 0 Å². The molecular weight excluding hydrogens is 296 g/mol. The zero-order valence-corrected chi connectivity index (χ0v) is 12.5. The monoisotopic (exact) mass is 310 g/mol. The van der Waals surface area contributed by atoms with Crippen molar-refractivity contribution in [1.29, 1.82) is 0 Å². The number of H-pyrrole nitrogens is 1. The van der Waals surface area contributed by atoms with E-state index in [1.54, 1.807) is 31.4 Å². The van der Waals surface area contributed by atoms with E-state index in [4.69, 9.17) is 14.2 Å². The number of hydrogen-bond donors (Lipinski definition) is 1. The Balaban J connectivity index is 1.95. The van der Waals surface area contributed by atoms with Crippen molar-refractivity contribution in [2.45, 2.75) is 0 Å². The Kier molecular flexibility index (Phi) is 3.15. The molecular formula is C17H14N2O4. The highest BCUT2D eigenvalue weighted by atomic mass is 16.6. The summed E-state index contributed by atoms with van der Waals surface area (Å²) in [7, 11) is 1.56. The number of aromatic amines is 1. The quantitative estimate of drug-likeness (QED) is 0.786. The summed E-state index contributed by atoms with van der Waals surface area (Å²) in [5, 5.41) is 0.549. The SMILES string of the molecule is COc1cc2c(cc1-c1nc3ccccc3c(=O)[nH]1)OCCO2. The molecule has 1 N–H and O–H groups in total. The van der Waals surface area contributed by atoms with E-state index in [1.807, 2.05) is 12.1 Å². The van der Waals surface area contributed by atoms with Gasteiger partial charge in [0.25, 0.3) is 5.56 Å². The summed E-state index contributed by atoms with van der Waals surface area (Å²) in [5.74, 6) is 2.23. The number of rotatable bonds is 2. The van der Waals surface area contributed by atoms with Crippen LogP contribution in [0.4, 0.5) is 0 Å². The largest absolute Gasteiger partial charge is 0.496 e. The van der Waals surface area contributed by atoms with Crippen LogP contribution in [-0.4, -0.2) is 30.3 Å². The molecule has 2 heterocycles. The predicted molar refractivity (Wildman–Crippen MR) is 85.3 cm³/mol. The van der Waals surface area contributed by atoms with E-state index in [-0.39, 0.29) is 5.56 Å². The maximum Gasteiger partial charge on any atom is 0.259 e. The lowest BCUT2D eigenvalue weighted by atomic mass is 10.1. The predicted octanol–water partition coefficient (Wildman–Crippen LogP) is 2.37. The lowest BCUT2D eigenvalue weighted by Crippen LogP contribution is -2.16. The van der Waals surface area contributed by atoms with Gasteiger partial charge in [-0.25, -0.2) is 4.98 Å². The molecule has 1 aromatic heterocycles. The third kappa shape index (κ3) is 2.28. The molecule has 0 saturated heterocycles. The molecule has 1 aliphatic heterocycles. The van der Waals surface area contributed by atoms with E-state index in [2.05, 4.69) is 9.97 Å². The molecule has 3 aromatic rings. The Bertz CT molecular complexity index is 949. The molecule has 0 unspecified atom stereocenters. The summed E-state index contributed by atoms with van der Waals surface area (Å²) >= 11 is 0. The third-order valence-corrected chi connectivity index (χ3v) is 3.73. The fourth-order valence-corrected chi connectivity index (χ4v) is 2.64. The first-order valence-corrected chi connectivity index (χ1v) is 7.23. The molecule has 0 atom stereocenters. The first-order valence-electron chi connectivity index (χ1n) is 7.23. The number of benzene rings is 2. The topological polar surface area (TPSA) is 73.4 Å². The second-order valence-electron chi connectivity index (χ2n) is 5.13. The van der Waals surface area contributed by atoms with Crippen molar-refractivity contribution < 1.29 is 14.2 Å². The molecule has 6 nitrogen and oxygen atoms in total. The zero-order chi connectivity index (χ0) is 15.8. The van der Waals surface area contributed by atoms with Crippen LogP contribution in [0.3, 0.4) is 0 Å². The molecule has 0 bridgehead atoms. The van der Waals surface area contributed by atoms with Crippen molar-refractivity contribution in [3.63, 3.8) is 0 Å². The normalized spacial score (nSPS) is 13.1. The first kappa shape index (κ1) is 13.6. The summed E-state index contributed by atoms with van der Waals surface area (Å²) in [6.45, 7) is 0.987. The number of nitrogens with zero attached hydrogens (tertiary/aromatic N) is 1. The van der Waals surface area contributed by atoms with Crippen molar-refractivity contribution in [1.82, 2.24) is 9.97 Å². The van der Waals surface area contributed by atoms with Gasteiger partial charge in [-0.3, -0.25) is 4.79 Å². The van der Waals surface area contributed by atoms with Gasteiger partial charge in [0.2, 0.25) is 0 Å². The maximum absolute atomic E-state index is 12.3. The molecule has 2 aromatic carbocycles. The highest BCUT2D eigenvalue weighted by Gasteiger charge is 2.19. The minimum absolute atomic E-state index is 0.192. The molecule has 0 spiro atoms. The van der Waals surface area contributed by atoms with Gasteiger partial charge in [0.15, 0.2) is 11.5 Å². The standard InChI is InChI=1S/C17H14N2O4/c1-21-13-9-15-14(22-6-7-23-15)8-11(13)16-18-12-5-3-2-4-10(12)17(20)19-16/h2-5,8-9H,6-7H2,1H3,(H,18,19,20). The van der Waals surface area contributed by atoms with Gasteiger partial charge in [-0.15, -0.1) is 0 Å². The minimum atomic E-state index is -0.192. The van der Waals surface area contributed by atoms with Gasteiger partial charge >= 0.3 is 0 Å². The summed E-state index contributed by atoms with van der Waals surface area (Å²) in [5.41, 5.74) is 1.09. The summed E-state index contributed by atoms with van der Waals surface area (Å²) in [6, 6.07) is 10.7. The van der Waals surface area contributed by atoms with Gasteiger partial charge in [0, 0.05) is 6.07 Å². The van der Waals surface area contributed by atoms with Crippen LogP contribution in [0.1, 0.15) is 0 Å². The number of fused-ring (bicyclic) bond motifs is 2. The Morgan fingerprint density at radius 3 is 2.65 bits per heavy atom. The second kappa shape index (κ2) is 5.31. The first-order chi connectivity index (χ1) is 11.3. The highest BCUT2D eigenvalue weighted by molar-refractivity contribution is 5.80. The molecule has 0 radical (unpaired) electrons. The van der Waals surface area contributed by atoms with E-state index in [9.17, 15) is 4.79 Å². The van der Waals surface area contributed by atoms with Gasteiger partial charge in [0.1, 0.15) is 24.8 Å². The maximum atomic E-state index is 12.3. The van der Waals surface area contributed by atoms with Crippen molar-refractivity contribution in [3.8, 4) is 28.6 Å². The number of para-hydroxylation sites is 1. The number of hydrogen-bond acceptors (Lipinski definition) is 5. The highest BCUT2D eigenvalue weighted by Crippen LogP contribution is 2.40. The molecule has 0 saturated carbocycles. The molecule has 0 fully saturated rings. The number of methoxy groups -OCH3 is 1. The van der Waals surface area contributed by atoms with Gasteiger partial charge in [-0.1, -0.05) is 12.1 Å². The van der Waals surface area contributed by atoms with Crippen molar-refractivity contribution >= 4 is 10.9 Å². The average Bonchev–Trinajstić information content (AvgIpc) is 2.60. The Hall–Kier alpha value is -3.02. The third-order valence-electron chi connectivity index (χ3n) is 3.73. The van der Waals surface area contributed by atoms with Crippen molar-refractivity contribution in [2.24, 2.45) is 0 Å². The van der Waals surface area contributed by atoms with Gasteiger partial charge in [-0.05, 0) is 18.2 Å². The van der Waals surface area contributed by atoms with Crippen LogP contribution in [0.15, 0.2) is 41.2 Å². The zero-order valence-electron chi connectivity index (χ0n) is 12.5. The molecule has 0 aliphatic carbocycles. The summed E-state index contributed by atoms with van der Waals surface area (Å²) in [4.78, 5) is 19.6. The second-order valence-corrected chi connectivity index (χ2v) is 5.13. The summed E-state index contributed by atoms with van der Waals surface area (Å²) in [6.07, 6.45) is 0. The lowest BCUT2D eigenvalue weighted by Gasteiger charge is -2.20. The average molecular weight is 310 g/mol. The number of nitrogens with one attached hydrogen (secondary N) is 1. The van der Waals surface area contributed by atoms with Crippen LogP contribution in [0, 0.1) is 0 Å². The molecule has 1 aliphatic rings. The lowest BCUT2D eigenvalue weighted by molar-refractivity contribution is 0.171. The van der Waals surface area contributed by atoms with E-state index >= 15 is 0 Å². The van der Waals surface area contributed by atoms with Crippen LogP contribution in [0.2, 0.25) is 0 Å². The van der Waals surface area contributed by atoms with Crippen LogP contribution < -0.4 is 19.8 Å². The molecule has 116 valence electrons. The van der Waals surface area contributed by atoms with Crippen molar-refractivity contribution in [2.75, 3.05) is 20.3 Å². The van der Waals surface area contributed by atoms with E-state index in [0.717, 1.165) is 0 Å². The van der Waals surface area contributed by atoms with Crippen LogP contribution >= 0.6 is 0 Å². The van der Waals surface area contributed by atoms with E-state index < -0.39 is 0 Å².